The molecule has 0 radical (unpaired) electrons. The number of amides is 1. The number of aromatic amines is 1. The molecule has 4 fully saturated rings. The van der Waals surface area contributed by atoms with E-state index in [9.17, 15) is 14.7 Å². The molecule has 5 nitrogen and oxygen atoms in total. The highest BCUT2D eigenvalue weighted by Gasteiger charge is 2.57. The third-order valence-electron chi connectivity index (χ3n) is 5.79. The number of hydrogen-bond acceptors (Lipinski definition) is 3. The number of hydrogen-bond donors (Lipinski definition) is 3. The zero-order valence-corrected chi connectivity index (χ0v) is 12.6. The Morgan fingerprint density at radius 1 is 1.32 bits per heavy atom. The van der Waals surface area contributed by atoms with Gasteiger partial charge in [0.2, 0.25) is 11.3 Å². The van der Waals surface area contributed by atoms with E-state index >= 15 is 0 Å². The Labute approximate surface area is 129 Å². The van der Waals surface area contributed by atoms with Crippen LogP contribution in [-0.2, 0) is 4.79 Å². The van der Waals surface area contributed by atoms with Gasteiger partial charge in [0.05, 0.1) is 5.60 Å². The number of carbonyl (C=O) groups is 1. The first-order valence-electron chi connectivity index (χ1n) is 8.15. The lowest BCUT2D eigenvalue weighted by molar-refractivity contribution is -0.167. The Morgan fingerprint density at radius 3 is 2.68 bits per heavy atom. The first-order valence-corrected chi connectivity index (χ1v) is 8.15. The van der Waals surface area contributed by atoms with E-state index in [0.717, 1.165) is 32.1 Å². The van der Waals surface area contributed by atoms with Gasteiger partial charge in [-0.1, -0.05) is 0 Å². The van der Waals surface area contributed by atoms with E-state index < -0.39 is 5.60 Å². The van der Waals surface area contributed by atoms with Crippen molar-refractivity contribution in [3.05, 3.63) is 28.7 Å². The third-order valence-corrected chi connectivity index (χ3v) is 5.79. The van der Waals surface area contributed by atoms with Gasteiger partial charge in [-0.2, -0.15) is 0 Å². The monoisotopic (exact) mass is 302 g/mol. The zero-order valence-electron chi connectivity index (χ0n) is 12.6. The average molecular weight is 302 g/mol. The van der Waals surface area contributed by atoms with Crippen LogP contribution in [0.4, 0.5) is 5.69 Å². The molecule has 2 atom stereocenters. The van der Waals surface area contributed by atoms with Crippen molar-refractivity contribution in [3.63, 3.8) is 0 Å². The summed E-state index contributed by atoms with van der Waals surface area (Å²) in [5.41, 5.74) is -0.494. The van der Waals surface area contributed by atoms with Crippen LogP contribution in [0, 0.1) is 17.3 Å². The van der Waals surface area contributed by atoms with E-state index in [1.165, 1.54) is 18.7 Å². The van der Waals surface area contributed by atoms with E-state index in [2.05, 4.69) is 10.3 Å². The molecule has 4 bridgehead atoms. The molecule has 4 saturated carbocycles. The Bertz CT molecular complexity index is 652. The molecular formula is C17H22N2O3. The highest BCUT2D eigenvalue weighted by atomic mass is 16.3. The molecule has 22 heavy (non-hydrogen) atoms. The molecule has 0 unspecified atom stereocenters. The van der Waals surface area contributed by atoms with Gasteiger partial charge < -0.3 is 15.4 Å². The highest BCUT2D eigenvalue weighted by molar-refractivity contribution is 5.91. The van der Waals surface area contributed by atoms with Crippen molar-refractivity contribution in [2.45, 2.75) is 50.5 Å². The largest absolute Gasteiger partial charge is 0.390 e. The Kier molecular flexibility index (Phi) is 2.98. The average Bonchev–Trinajstić information content (AvgIpc) is 2.37. The van der Waals surface area contributed by atoms with Crippen LogP contribution in [0.15, 0.2) is 23.3 Å². The number of aromatic nitrogens is 1. The first kappa shape index (κ1) is 14.0. The number of pyridine rings is 1. The van der Waals surface area contributed by atoms with Crippen molar-refractivity contribution in [2.24, 2.45) is 17.3 Å². The van der Waals surface area contributed by atoms with E-state index in [4.69, 9.17) is 0 Å². The van der Waals surface area contributed by atoms with Crippen LogP contribution in [0.5, 0.6) is 0 Å². The highest BCUT2D eigenvalue weighted by Crippen LogP contribution is 2.62. The Morgan fingerprint density at radius 2 is 2.05 bits per heavy atom. The van der Waals surface area contributed by atoms with Gasteiger partial charge in [0.1, 0.15) is 5.69 Å². The number of carbonyl (C=O) groups excluding carboxylic acids is 1. The molecule has 0 saturated heterocycles. The van der Waals surface area contributed by atoms with Crippen molar-refractivity contribution >= 4 is 11.6 Å². The smallest absolute Gasteiger partial charge is 0.225 e. The predicted octanol–water partition coefficient (Wildman–Crippen LogP) is 2.03. The minimum atomic E-state index is -0.547. The molecule has 5 heteroatoms. The Balaban J connectivity index is 1.50. The summed E-state index contributed by atoms with van der Waals surface area (Å²) in [5, 5.41) is 13.5. The maximum absolute atomic E-state index is 12.4. The number of nitrogens with one attached hydrogen (secondary N) is 2. The number of anilines is 1. The summed E-state index contributed by atoms with van der Waals surface area (Å²) in [6.45, 7) is 0. The lowest BCUT2D eigenvalue weighted by Crippen LogP contribution is -2.56. The van der Waals surface area contributed by atoms with Crippen LogP contribution >= 0.6 is 0 Å². The molecule has 4 aliphatic carbocycles. The summed E-state index contributed by atoms with van der Waals surface area (Å²) in [5.74, 6) is 1.03. The second-order valence-corrected chi connectivity index (χ2v) is 7.83. The maximum atomic E-state index is 12.4. The fourth-order valence-electron chi connectivity index (χ4n) is 5.66. The third kappa shape index (κ3) is 2.37. The molecule has 1 aromatic heterocycles. The second-order valence-electron chi connectivity index (χ2n) is 7.83. The van der Waals surface area contributed by atoms with Crippen molar-refractivity contribution < 1.29 is 9.90 Å². The summed E-state index contributed by atoms with van der Waals surface area (Å²) in [4.78, 5) is 26.9. The van der Waals surface area contributed by atoms with Crippen LogP contribution in [0.2, 0.25) is 0 Å². The standard InChI is InChI=1S/C17H22N2O3/c20-14-1-2-18-9-13(14)19-15(21)8-16-4-11-3-12(5-16)7-17(22,6-11)10-16/h1-2,9,11-12,22H,3-8,10H2,(H,18,20)(H,19,21)/t11-,12-,16?,17?/m1/s1. The van der Waals surface area contributed by atoms with Gasteiger partial charge in [-0.05, 0) is 55.8 Å². The minimum Gasteiger partial charge on any atom is -0.390 e. The number of rotatable bonds is 3. The minimum absolute atomic E-state index is 0.0650. The molecule has 1 amide bonds. The molecule has 3 N–H and O–H groups in total. The first-order chi connectivity index (χ1) is 10.5. The lowest BCUT2D eigenvalue weighted by atomic mass is 9.47. The molecule has 1 heterocycles. The fraction of sp³-hybridized carbons (Fsp3) is 0.647. The zero-order chi connectivity index (χ0) is 15.4. The summed E-state index contributed by atoms with van der Waals surface area (Å²) in [7, 11) is 0. The van der Waals surface area contributed by atoms with Crippen LogP contribution < -0.4 is 10.7 Å². The van der Waals surface area contributed by atoms with Crippen molar-refractivity contribution in [3.8, 4) is 0 Å². The molecule has 1 aromatic rings. The normalized spacial score (nSPS) is 39.0. The van der Waals surface area contributed by atoms with Crippen molar-refractivity contribution in [1.82, 2.24) is 4.98 Å². The molecule has 5 rings (SSSR count). The van der Waals surface area contributed by atoms with Gasteiger partial charge >= 0.3 is 0 Å². The van der Waals surface area contributed by atoms with Crippen LogP contribution in [0.25, 0.3) is 0 Å². The van der Waals surface area contributed by atoms with Gasteiger partial charge in [-0.25, -0.2) is 0 Å². The van der Waals surface area contributed by atoms with Crippen LogP contribution in [0.3, 0.4) is 0 Å². The molecule has 0 aromatic carbocycles. The summed E-state index contributed by atoms with van der Waals surface area (Å²) in [6, 6.07) is 1.41. The second kappa shape index (κ2) is 4.69. The van der Waals surface area contributed by atoms with Gasteiger partial charge in [0, 0.05) is 24.9 Å². The molecule has 0 aliphatic heterocycles. The van der Waals surface area contributed by atoms with E-state index in [0.29, 0.717) is 23.9 Å². The Hall–Kier alpha value is -1.62. The predicted molar refractivity (Wildman–Crippen MR) is 82.4 cm³/mol. The summed E-state index contributed by atoms with van der Waals surface area (Å²) >= 11 is 0. The number of aliphatic hydroxyl groups is 1. The topological polar surface area (TPSA) is 82.2 Å². The molecule has 0 spiro atoms. The van der Waals surface area contributed by atoms with Crippen molar-refractivity contribution in [2.75, 3.05) is 5.32 Å². The lowest BCUT2D eigenvalue weighted by Gasteiger charge is -2.60. The van der Waals surface area contributed by atoms with E-state index in [-0.39, 0.29) is 16.8 Å². The molecular weight excluding hydrogens is 280 g/mol. The van der Waals surface area contributed by atoms with Crippen LogP contribution in [0.1, 0.15) is 44.9 Å². The van der Waals surface area contributed by atoms with Crippen LogP contribution in [-0.4, -0.2) is 21.6 Å². The maximum Gasteiger partial charge on any atom is 0.225 e. The van der Waals surface area contributed by atoms with Gasteiger partial charge in [-0.3, -0.25) is 9.59 Å². The molecule has 118 valence electrons. The number of H-pyrrole nitrogens is 1. The van der Waals surface area contributed by atoms with Crippen molar-refractivity contribution in [1.29, 1.82) is 0 Å². The quantitative estimate of drug-likeness (QED) is 0.799. The van der Waals surface area contributed by atoms with E-state index in [1.54, 1.807) is 6.20 Å². The SMILES string of the molecule is O=C(CC12C[C@H]3C[C@@H](CC(O)(C3)C1)C2)Nc1c[nH]ccc1=O. The van der Waals surface area contributed by atoms with Gasteiger partial charge in [0.25, 0.3) is 0 Å². The summed E-state index contributed by atoms with van der Waals surface area (Å²) < 4.78 is 0. The van der Waals surface area contributed by atoms with Gasteiger partial charge in [0.15, 0.2) is 0 Å². The van der Waals surface area contributed by atoms with E-state index in [1.807, 2.05) is 0 Å². The summed E-state index contributed by atoms with van der Waals surface area (Å²) in [6.07, 6.45) is 9.34. The fourth-order valence-corrected chi connectivity index (χ4v) is 5.66. The van der Waals surface area contributed by atoms with Gasteiger partial charge in [-0.15, -0.1) is 0 Å². The molecule has 4 aliphatic rings.